The summed E-state index contributed by atoms with van der Waals surface area (Å²) in [4.78, 5) is 38.1. The zero-order valence-electron chi connectivity index (χ0n) is 17.0. The number of carbonyl (C=O) groups excluding carboxylic acids is 2. The van der Waals surface area contributed by atoms with Gasteiger partial charge >= 0.3 is 6.09 Å². The summed E-state index contributed by atoms with van der Waals surface area (Å²) < 4.78 is 0. The molecule has 1 atom stereocenters. The largest absolute Gasteiger partial charge is 0.430 e. The number of nitrogens with zero attached hydrogens (tertiary/aromatic N) is 3. The minimum Gasteiger partial charge on any atom is -0.357 e. The average Bonchev–Trinajstić information content (AvgIpc) is 3.29. The second-order valence-electron chi connectivity index (χ2n) is 7.20. The number of amides is 1. The zero-order chi connectivity index (χ0) is 21.1. The molecule has 1 heterocycles. The van der Waals surface area contributed by atoms with E-state index < -0.39 is 11.8 Å². The Hall–Kier alpha value is -2.49. The molecule has 0 spiro atoms. The van der Waals surface area contributed by atoms with Crippen LogP contribution < -0.4 is 17.2 Å². The van der Waals surface area contributed by atoms with Gasteiger partial charge in [-0.25, -0.2) is 10.6 Å². The van der Waals surface area contributed by atoms with Crippen molar-refractivity contribution < 1.29 is 14.4 Å². The number of aliphatic imine (C=N–C) groups is 1. The van der Waals surface area contributed by atoms with Gasteiger partial charge in [-0.1, -0.05) is 30.3 Å². The highest BCUT2D eigenvalue weighted by molar-refractivity contribution is 5.91. The lowest BCUT2D eigenvalue weighted by Crippen LogP contribution is -2.66. The molecule has 1 amide bonds. The van der Waals surface area contributed by atoms with Gasteiger partial charge in [0.2, 0.25) is 0 Å². The van der Waals surface area contributed by atoms with E-state index in [0.717, 1.165) is 37.9 Å². The van der Waals surface area contributed by atoms with Crippen LogP contribution in [0.1, 0.15) is 37.7 Å². The molecular weight excluding hydrogens is 372 g/mol. The maximum Gasteiger partial charge on any atom is 0.430 e. The SMILES string of the molecule is CN(C(=O)ON)C(Cc1ccccc1)(C(=O)CCCCN=CNN)N1CCCC1. The van der Waals surface area contributed by atoms with Crippen molar-refractivity contribution in [3.05, 3.63) is 35.9 Å². The molecule has 2 rings (SSSR count). The van der Waals surface area contributed by atoms with Crippen LogP contribution in [0.3, 0.4) is 0 Å². The van der Waals surface area contributed by atoms with Crippen molar-refractivity contribution in [3.8, 4) is 0 Å². The van der Waals surface area contributed by atoms with Crippen molar-refractivity contribution >= 4 is 18.2 Å². The molecule has 1 aromatic rings. The number of benzene rings is 1. The lowest BCUT2D eigenvalue weighted by molar-refractivity contribution is -0.142. The Morgan fingerprint density at radius 1 is 1.28 bits per heavy atom. The van der Waals surface area contributed by atoms with E-state index in [9.17, 15) is 9.59 Å². The number of hydrogen-bond acceptors (Lipinski definition) is 7. The van der Waals surface area contributed by atoms with E-state index >= 15 is 0 Å². The Bertz CT molecular complexity index is 678. The molecule has 1 aliphatic rings. The molecule has 1 fully saturated rings. The van der Waals surface area contributed by atoms with Crippen molar-refractivity contribution in [2.24, 2.45) is 16.7 Å². The first-order valence-electron chi connectivity index (χ1n) is 9.97. The van der Waals surface area contributed by atoms with Gasteiger partial charge in [0.25, 0.3) is 0 Å². The second kappa shape index (κ2) is 11.5. The summed E-state index contributed by atoms with van der Waals surface area (Å²) in [6.45, 7) is 2.06. The van der Waals surface area contributed by atoms with Gasteiger partial charge in [-0.15, -0.1) is 0 Å². The summed E-state index contributed by atoms with van der Waals surface area (Å²) >= 11 is 0. The number of Topliss-reactive ketones (excluding diaryl/α,β-unsaturated/α-hetero) is 1. The van der Waals surface area contributed by atoms with Crippen molar-refractivity contribution in [2.75, 3.05) is 26.7 Å². The number of carbonyl (C=O) groups is 2. The molecule has 1 aromatic carbocycles. The molecule has 1 saturated heterocycles. The fourth-order valence-corrected chi connectivity index (χ4v) is 3.91. The van der Waals surface area contributed by atoms with E-state index in [4.69, 9.17) is 11.7 Å². The fraction of sp³-hybridized carbons (Fsp3) is 0.550. The Morgan fingerprint density at radius 2 is 1.97 bits per heavy atom. The summed E-state index contributed by atoms with van der Waals surface area (Å²) in [5.41, 5.74) is 2.20. The molecule has 0 radical (unpaired) electrons. The molecule has 29 heavy (non-hydrogen) atoms. The fourth-order valence-electron chi connectivity index (χ4n) is 3.91. The van der Waals surface area contributed by atoms with Crippen molar-refractivity contribution in [3.63, 3.8) is 0 Å². The molecule has 0 bridgehead atoms. The van der Waals surface area contributed by atoms with E-state index in [1.54, 1.807) is 7.05 Å². The summed E-state index contributed by atoms with van der Waals surface area (Å²) in [7, 11) is 1.59. The zero-order valence-corrected chi connectivity index (χ0v) is 17.0. The minimum absolute atomic E-state index is 0.0166. The van der Waals surface area contributed by atoms with Gasteiger partial charge in [-0.05, 0) is 31.2 Å². The molecule has 9 nitrogen and oxygen atoms in total. The Morgan fingerprint density at radius 3 is 2.59 bits per heavy atom. The number of nitrogens with one attached hydrogen (secondary N) is 1. The number of likely N-dealkylation sites (tertiary alicyclic amines) is 1. The summed E-state index contributed by atoms with van der Waals surface area (Å²) in [6, 6.07) is 9.72. The highest BCUT2D eigenvalue weighted by Gasteiger charge is 2.50. The lowest BCUT2D eigenvalue weighted by Gasteiger charge is -2.46. The molecule has 0 aliphatic carbocycles. The van der Waals surface area contributed by atoms with Gasteiger partial charge in [0.1, 0.15) is 0 Å². The second-order valence-corrected chi connectivity index (χ2v) is 7.20. The number of likely N-dealkylation sites (N-methyl/N-ethyl adjacent to an activating group) is 1. The molecule has 5 N–H and O–H groups in total. The van der Waals surface area contributed by atoms with Crippen LogP contribution in [0.4, 0.5) is 4.79 Å². The van der Waals surface area contributed by atoms with Gasteiger partial charge in [0.15, 0.2) is 11.4 Å². The van der Waals surface area contributed by atoms with Crippen molar-refractivity contribution in [1.29, 1.82) is 0 Å². The first kappa shape index (κ1) is 22.8. The Kier molecular flexibility index (Phi) is 9.04. The normalized spacial score (nSPS) is 16.5. The lowest BCUT2D eigenvalue weighted by atomic mass is 9.89. The number of rotatable bonds is 11. The standard InChI is InChI=1S/C20H32N6O3/c1-25(19(28)29-22)20(26-13-7-8-14-26,15-17-9-3-2-4-10-17)18(27)11-5-6-12-23-16-24-21/h2-4,9-10,16H,5-8,11-15,21-22H2,1H3,(H,23,24). The van der Waals surface area contributed by atoms with E-state index in [1.807, 2.05) is 30.3 Å². The van der Waals surface area contributed by atoms with Crippen LogP contribution in [0.2, 0.25) is 0 Å². The van der Waals surface area contributed by atoms with Crippen LogP contribution in [0, 0.1) is 0 Å². The third-order valence-corrected chi connectivity index (χ3v) is 5.41. The summed E-state index contributed by atoms with van der Waals surface area (Å²) in [5, 5.41) is 0. The first-order valence-corrected chi connectivity index (χ1v) is 9.97. The molecule has 0 saturated carbocycles. The Labute approximate surface area is 172 Å². The van der Waals surface area contributed by atoms with Gasteiger partial charge in [0.05, 0.1) is 6.34 Å². The number of hydrazine groups is 1. The quantitative estimate of drug-likeness (QED) is 0.166. The third kappa shape index (κ3) is 5.75. The highest BCUT2D eigenvalue weighted by Crippen LogP contribution is 2.32. The van der Waals surface area contributed by atoms with Crippen LogP contribution in [-0.2, 0) is 16.1 Å². The predicted molar refractivity (Wildman–Crippen MR) is 112 cm³/mol. The molecular formula is C20H32N6O3. The highest BCUT2D eigenvalue weighted by atomic mass is 16.7. The van der Waals surface area contributed by atoms with Crippen LogP contribution in [0.15, 0.2) is 35.3 Å². The third-order valence-electron chi connectivity index (χ3n) is 5.41. The van der Waals surface area contributed by atoms with Crippen LogP contribution >= 0.6 is 0 Å². The van der Waals surface area contributed by atoms with E-state index in [1.165, 1.54) is 11.2 Å². The molecule has 1 aliphatic heterocycles. The number of hydrogen-bond donors (Lipinski definition) is 3. The summed E-state index contributed by atoms with van der Waals surface area (Å²) in [6.07, 6.45) is 4.79. The number of nitrogens with two attached hydrogens (primary N) is 2. The van der Waals surface area contributed by atoms with Crippen LogP contribution in [0.25, 0.3) is 0 Å². The van der Waals surface area contributed by atoms with Crippen molar-refractivity contribution in [2.45, 2.75) is 44.2 Å². The maximum absolute atomic E-state index is 13.6. The van der Waals surface area contributed by atoms with Crippen molar-refractivity contribution in [1.82, 2.24) is 15.2 Å². The molecule has 160 valence electrons. The van der Waals surface area contributed by atoms with Gasteiger partial charge in [0, 0.05) is 39.5 Å². The van der Waals surface area contributed by atoms with E-state index in [0.29, 0.717) is 25.8 Å². The average molecular weight is 405 g/mol. The minimum atomic E-state index is -1.13. The molecule has 9 heteroatoms. The maximum atomic E-state index is 13.6. The Balaban J connectivity index is 2.28. The summed E-state index contributed by atoms with van der Waals surface area (Å²) in [5.74, 6) is 10.3. The van der Waals surface area contributed by atoms with Gasteiger partial charge in [-0.2, -0.15) is 5.90 Å². The predicted octanol–water partition coefficient (Wildman–Crippen LogP) is 1.19. The number of ketones is 1. The van der Waals surface area contributed by atoms with Crippen LogP contribution in [-0.4, -0.2) is 60.4 Å². The van der Waals surface area contributed by atoms with E-state index in [-0.39, 0.29) is 5.78 Å². The van der Waals surface area contributed by atoms with E-state index in [2.05, 4.69) is 20.2 Å². The first-order chi connectivity index (χ1) is 14.1. The molecule has 1 unspecified atom stereocenters. The monoisotopic (exact) mass is 404 g/mol. The number of unbranched alkanes of at least 4 members (excludes halogenated alkanes) is 1. The van der Waals surface area contributed by atoms with Gasteiger partial charge < -0.3 is 10.3 Å². The van der Waals surface area contributed by atoms with Crippen LogP contribution in [0.5, 0.6) is 0 Å². The molecule has 0 aromatic heterocycles. The smallest absolute Gasteiger partial charge is 0.357 e. The topological polar surface area (TPSA) is 126 Å². The van der Waals surface area contributed by atoms with Gasteiger partial charge in [-0.3, -0.25) is 19.6 Å².